The number of hydrogen-bond acceptors (Lipinski definition) is 4. The summed E-state index contributed by atoms with van der Waals surface area (Å²) in [5.74, 6) is 0. The van der Waals surface area contributed by atoms with Crippen LogP contribution in [0.25, 0.3) is 0 Å². The molecule has 1 aliphatic rings. The maximum atomic E-state index is 10.3. The monoisotopic (exact) mass is 294 g/mol. The van der Waals surface area contributed by atoms with Crippen molar-refractivity contribution in [3.8, 4) is 0 Å². The van der Waals surface area contributed by atoms with E-state index in [1.165, 1.54) is 23.9 Å². The Balaban J connectivity index is 1.82. The second-order valence-corrected chi connectivity index (χ2v) is 5.50. The van der Waals surface area contributed by atoms with Crippen molar-refractivity contribution in [1.82, 2.24) is 0 Å². The number of benzene rings is 1. The highest BCUT2D eigenvalue weighted by atomic mass is 35.5. The molecule has 0 saturated heterocycles. The first-order chi connectivity index (χ1) is 9.24. The average Bonchev–Trinajstić information content (AvgIpc) is 3.08. The van der Waals surface area contributed by atoms with Gasteiger partial charge in [0.05, 0.1) is 4.88 Å². The second kappa shape index (κ2) is 5.25. The minimum absolute atomic E-state index is 0.398. The molecule has 0 saturated carbocycles. The number of thiophene rings is 1. The summed E-state index contributed by atoms with van der Waals surface area (Å²) in [5.41, 5.74) is 1.57. The van der Waals surface area contributed by atoms with Gasteiger partial charge in [0.1, 0.15) is 18.6 Å². The van der Waals surface area contributed by atoms with Gasteiger partial charge in [-0.15, -0.1) is 11.3 Å². The second-order valence-electron chi connectivity index (χ2n) is 4.12. The molecule has 1 atom stereocenters. The van der Waals surface area contributed by atoms with Crippen molar-refractivity contribution in [3.05, 3.63) is 69.3 Å². The first-order valence-electron chi connectivity index (χ1n) is 5.72. The Morgan fingerprint density at radius 3 is 2.68 bits per heavy atom. The summed E-state index contributed by atoms with van der Waals surface area (Å²) in [4.78, 5) is 0.918. The van der Waals surface area contributed by atoms with Crippen LogP contribution < -0.4 is 0 Å². The van der Waals surface area contributed by atoms with E-state index in [0.29, 0.717) is 5.02 Å². The maximum Gasteiger partial charge on any atom is 0.275 e. The van der Waals surface area contributed by atoms with Crippen molar-refractivity contribution in [3.63, 3.8) is 0 Å². The summed E-state index contributed by atoms with van der Waals surface area (Å²) in [5, 5.41) is 12.8. The van der Waals surface area contributed by atoms with E-state index in [1.54, 1.807) is 12.1 Å². The number of ether oxygens (including phenoxy) is 2. The van der Waals surface area contributed by atoms with Crippen LogP contribution in [-0.4, -0.2) is 5.11 Å². The molecule has 0 amide bonds. The van der Waals surface area contributed by atoms with Crippen molar-refractivity contribution in [1.29, 1.82) is 0 Å². The molecule has 0 spiro atoms. The normalized spacial score (nSPS) is 16.1. The third-order valence-electron chi connectivity index (χ3n) is 2.81. The molecule has 3 rings (SSSR count). The van der Waals surface area contributed by atoms with Crippen LogP contribution in [0.2, 0.25) is 5.02 Å². The molecule has 98 valence electrons. The van der Waals surface area contributed by atoms with Crippen LogP contribution >= 0.6 is 22.9 Å². The molecule has 0 radical (unpaired) electrons. The van der Waals surface area contributed by atoms with Gasteiger partial charge < -0.3 is 14.6 Å². The Kier molecular flexibility index (Phi) is 3.46. The van der Waals surface area contributed by atoms with E-state index in [1.807, 2.05) is 23.6 Å². The van der Waals surface area contributed by atoms with E-state index in [-0.39, 0.29) is 0 Å². The van der Waals surface area contributed by atoms with Gasteiger partial charge in [-0.3, -0.25) is 0 Å². The van der Waals surface area contributed by atoms with Gasteiger partial charge in [-0.2, -0.15) is 0 Å². The molecular weight excluding hydrogens is 284 g/mol. The van der Waals surface area contributed by atoms with Gasteiger partial charge in [0.2, 0.25) is 0 Å². The molecular formula is C14H11ClO3S. The van der Waals surface area contributed by atoms with Crippen LogP contribution in [0.1, 0.15) is 28.4 Å². The number of hydrogen-bond donors (Lipinski definition) is 1. The summed E-state index contributed by atoms with van der Waals surface area (Å²) in [6.45, 7) is 0. The summed E-state index contributed by atoms with van der Waals surface area (Å²) in [7, 11) is 0. The molecule has 2 aromatic rings. The fourth-order valence-corrected chi connectivity index (χ4v) is 2.97. The Labute approximate surface area is 119 Å². The van der Waals surface area contributed by atoms with Gasteiger partial charge in [-0.25, -0.2) is 0 Å². The summed E-state index contributed by atoms with van der Waals surface area (Å²) in [6, 6.07) is 9.09. The molecule has 1 aromatic carbocycles. The lowest BCUT2D eigenvalue weighted by atomic mass is 10.0. The fraction of sp³-hybridized carbons (Fsp3) is 0.143. The topological polar surface area (TPSA) is 38.7 Å². The highest BCUT2D eigenvalue weighted by Gasteiger charge is 2.20. The van der Waals surface area contributed by atoms with Gasteiger partial charge in [-0.1, -0.05) is 23.7 Å². The molecule has 1 aliphatic heterocycles. The first-order valence-corrected chi connectivity index (χ1v) is 6.97. The quantitative estimate of drug-likeness (QED) is 0.930. The number of halogens is 1. The van der Waals surface area contributed by atoms with Crippen molar-refractivity contribution >= 4 is 22.9 Å². The van der Waals surface area contributed by atoms with E-state index in [0.717, 1.165) is 16.0 Å². The van der Waals surface area contributed by atoms with Crippen molar-refractivity contribution in [2.24, 2.45) is 0 Å². The zero-order valence-electron chi connectivity index (χ0n) is 9.82. The lowest BCUT2D eigenvalue weighted by Crippen LogP contribution is -1.98. The lowest BCUT2D eigenvalue weighted by Gasteiger charge is -2.10. The number of rotatable bonds is 3. The molecule has 0 aliphatic carbocycles. The van der Waals surface area contributed by atoms with E-state index >= 15 is 0 Å². The van der Waals surface area contributed by atoms with Gasteiger partial charge >= 0.3 is 0 Å². The van der Waals surface area contributed by atoms with Gasteiger partial charge in [0, 0.05) is 5.02 Å². The lowest BCUT2D eigenvalue weighted by molar-refractivity contribution is -0.0217. The SMILES string of the molecule is OC(c1cccc(Cl)c1)c1csc(C2OC=CO2)c1. The van der Waals surface area contributed by atoms with Crippen molar-refractivity contribution < 1.29 is 14.6 Å². The smallest absolute Gasteiger partial charge is 0.275 e. The van der Waals surface area contributed by atoms with E-state index in [2.05, 4.69) is 0 Å². The standard InChI is InChI=1S/C14H11ClO3S/c15-11-3-1-2-9(6-11)13(16)10-7-12(19-8-10)14-17-4-5-18-14/h1-8,13-14,16H. The predicted octanol–water partition coefficient (Wildman–Crippen LogP) is 4.00. The van der Waals surface area contributed by atoms with Gasteiger partial charge in [0.15, 0.2) is 0 Å². The summed E-state index contributed by atoms with van der Waals surface area (Å²) in [6.07, 6.45) is 1.93. The van der Waals surface area contributed by atoms with Gasteiger partial charge in [0.25, 0.3) is 6.29 Å². The Morgan fingerprint density at radius 2 is 1.95 bits per heavy atom. The van der Waals surface area contributed by atoms with Crippen molar-refractivity contribution in [2.75, 3.05) is 0 Å². The van der Waals surface area contributed by atoms with E-state index < -0.39 is 12.4 Å². The van der Waals surface area contributed by atoms with Crippen LogP contribution in [0.4, 0.5) is 0 Å². The molecule has 0 bridgehead atoms. The predicted molar refractivity (Wildman–Crippen MR) is 73.9 cm³/mol. The highest BCUT2D eigenvalue weighted by molar-refractivity contribution is 7.10. The molecule has 3 nitrogen and oxygen atoms in total. The highest BCUT2D eigenvalue weighted by Crippen LogP contribution is 2.33. The first kappa shape index (κ1) is 12.5. The summed E-state index contributed by atoms with van der Waals surface area (Å²) >= 11 is 7.42. The largest absolute Gasteiger partial charge is 0.454 e. The van der Waals surface area contributed by atoms with Crippen LogP contribution in [0.3, 0.4) is 0 Å². The molecule has 1 unspecified atom stereocenters. The van der Waals surface area contributed by atoms with Crippen LogP contribution in [0, 0.1) is 0 Å². The number of aliphatic hydroxyl groups excluding tert-OH is 1. The Bertz CT molecular complexity index is 600. The maximum absolute atomic E-state index is 10.3. The fourth-order valence-electron chi connectivity index (χ4n) is 1.88. The van der Waals surface area contributed by atoms with Crippen LogP contribution in [0.5, 0.6) is 0 Å². The zero-order chi connectivity index (χ0) is 13.2. The third-order valence-corrected chi connectivity index (χ3v) is 4.02. The van der Waals surface area contributed by atoms with E-state index in [4.69, 9.17) is 21.1 Å². The van der Waals surface area contributed by atoms with Crippen LogP contribution in [0.15, 0.2) is 48.2 Å². The summed E-state index contributed by atoms with van der Waals surface area (Å²) < 4.78 is 10.5. The Hall–Kier alpha value is -1.49. The van der Waals surface area contributed by atoms with Crippen LogP contribution in [-0.2, 0) is 9.47 Å². The van der Waals surface area contributed by atoms with Crippen molar-refractivity contribution in [2.45, 2.75) is 12.4 Å². The van der Waals surface area contributed by atoms with Gasteiger partial charge in [-0.05, 0) is 34.7 Å². The van der Waals surface area contributed by atoms with E-state index in [9.17, 15) is 5.11 Å². The molecule has 1 aromatic heterocycles. The minimum Gasteiger partial charge on any atom is -0.454 e. The molecule has 19 heavy (non-hydrogen) atoms. The third kappa shape index (κ3) is 2.61. The average molecular weight is 295 g/mol. The molecule has 0 fully saturated rings. The number of aliphatic hydroxyl groups is 1. The minimum atomic E-state index is -0.696. The molecule has 1 N–H and O–H groups in total. The Morgan fingerprint density at radius 1 is 1.16 bits per heavy atom. The zero-order valence-corrected chi connectivity index (χ0v) is 11.4. The molecule has 2 heterocycles. The molecule has 5 heteroatoms.